The maximum absolute atomic E-state index is 12.1. The lowest BCUT2D eigenvalue weighted by atomic mass is 10.2. The fourth-order valence-electron chi connectivity index (χ4n) is 1.98. The molecule has 114 valence electrons. The fourth-order valence-corrected chi connectivity index (χ4v) is 2.51. The SMILES string of the molecule is CSc1ccc(C#N)cc1NC(=O)N[C@H](C)c1cnn(C)c1. The Morgan fingerprint density at radius 2 is 2.27 bits per heavy atom. The van der Waals surface area contributed by atoms with Gasteiger partial charge in [0.2, 0.25) is 0 Å². The Labute approximate surface area is 133 Å². The number of nitrogens with zero attached hydrogens (tertiary/aromatic N) is 3. The van der Waals surface area contributed by atoms with Gasteiger partial charge >= 0.3 is 6.03 Å². The highest BCUT2D eigenvalue weighted by Crippen LogP contribution is 2.26. The van der Waals surface area contributed by atoms with Crippen LogP contribution < -0.4 is 10.6 Å². The standard InChI is InChI=1S/C15H17N5OS/c1-10(12-8-17-20(2)9-12)18-15(21)19-13-6-11(7-16)4-5-14(13)22-3/h4-6,8-10H,1-3H3,(H2,18,19,21)/t10-/m1/s1. The number of carbonyl (C=O) groups is 1. The lowest BCUT2D eigenvalue weighted by Gasteiger charge is -2.15. The zero-order chi connectivity index (χ0) is 16.1. The summed E-state index contributed by atoms with van der Waals surface area (Å²) in [4.78, 5) is 13.0. The van der Waals surface area contributed by atoms with E-state index in [2.05, 4.69) is 21.8 Å². The third-order valence-electron chi connectivity index (χ3n) is 3.15. The van der Waals surface area contributed by atoms with Gasteiger partial charge in [0.25, 0.3) is 0 Å². The van der Waals surface area contributed by atoms with Crippen LogP contribution in [-0.2, 0) is 7.05 Å². The number of urea groups is 1. The summed E-state index contributed by atoms with van der Waals surface area (Å²) in [7, 11) is 1.83. The summed E-state index contributed by atoms with van der Waals surface area (Å²) in [6, 6.07) is 6.81. The Bertz CT molecular complexity index is 719. The Hall–Kier alpha value is -2.46. The molecule has 0 aliphatic rings. The van der Waals surface area contributed by atoms with Gasteiger partial charge < -0.3 is 10.6 Å². The van der Waals surface area contributed by atoms with E-state index in [0.717, 1.165) is 10.5 Å². The highest BCUT2D eigenvalue weighted by Gasteiger charge is 2.13. The fraction of sp³-hybridized carbons (Fsp3) is 0.267. The molecule has 0 aliphatic carbocycles. The molecule has 2 rings (SSSR count). The third kappa shape index (κ3) is 3.80. The van der Waals surface area contributed by atoms with Gasteiger partial charge in [-0.05, 0) is 31.4 Å². The van der Waals surface area contributed by atoms with Gasteiger partial charge in [0.1, 0.15) is 0 Å². The van der Waals surface area contributed by atoms with E-state index in [1.54, 1.807) is 23.0 Å². The van der Waals surface area contributed by atoms with Crippen molar-refractivity contribution in [3.05, 3.63) is 41.7 Å². The van der Waals surface area contributed by atoms with Crippen LogP contribution in [0.15, 0.2) is 35.5 Å². The highest BCUT2D eigenvalue weighted by molar-refractivity contribution is 7.98. The van der Waals surface area contributed by atoms with Crippen LogP contribution >= 0.6 is 11.8 Å². The number of hydrogen-bond acceptors (Lipinski definition) is 4. The van der Waals surface area contributed by atoms with Crippen molar-refractivity contribution in [2.75, 3.05) is 11.6 Å². The van der Waals surface area contributed by atoms with E-state index in [-0.39, 0.29) is 12.1 Å². The lowest BCUT2D eigenvalue weighted by Crippen LogP contribution is -2.31. The molecule has 6 nitrogen and oxygen atoms in total. The van der Waals surface area contributed by atoms with Crippen LogP contribution in [0.5, 0.6) is 0 Å². The van der Waals surface area contributed by atoms with Crippen LogP contribution in [0.1, 0.15) is 24.1 Å². The quantitative estimate of drug-likeness (QED) is 0.850. The van der Waals surface area contributed by atoms with Crippen molar-refractivity contribution < 1.29 is 4.79 Å². The number of carbonyl (C=O) groups excluding carboxylic acids is 1. The molecule has 2 aromatic rings. The van der Waals surface area contributed by atoms with Gasteiger partial charge in [-0.3, -0.25) is 4.68 Å². The molecule has 2 amide bonds. The molecule has 1 heterocycles. The van der Waals surface area contributed by atoms with Crippen molar-refractivity contribution >= 4 is 23.5 Å². The summed E-state index contributed by atoms with van der Waals surface area (Å²) < 4.78 is 1.69. The summed E-state index contributed by atoms with van der Waals surface area (Å²) in [5, 5.41) is 18.7. The first kappa shape index (κ1) is 15.9. The minimum absolute atomic E-state index is 0.162. The van der Waals surface area contributed by atoms with E-state index >= 15 is 0 Å². The van der Waals surface area contributed by atoms with Crippen LogP contribution in [0.25, 0.3) is 0 Å². The number of nitrogens with one attached hydrogen (secondary N) is 2. The maximum atomic E-state index is 12.1. The van der Waals surface area contributed by atoms with Crippen molar-refractivity contribution in [3.8, 4) is 6.07 Å². The molecular weight excluding hydrogens is 298 g/mol. The number of amides is 2. The number of nitriles is 1. The second kappa shape index (κ2) is 7.00. The normalized spacial score (nSPS) is 11.5. The number of benzene rings is 1. The number of thioether (sulfide) groups is 1. The van der Waals surface area contributed by atoms with Crippen molar-refractivity contribution in [1.82, 2.24) is 15.1 Å². The number of rotatable bonds is 4. The number of aromatic nitrogens is 2. The van der Waals surface area contributed by atoms with Crippen LogP contribution in [0.3, 0.4) is 0 Å². The van der Waals surface area contributed by atoms with Crippen molar-refractivity contribution in [3.63, 3.8) is 0 Å². The molecule has 1 aromatic carbocycles. The van der Waals surface area contributed by atoms with Gasteiger partial charge in [0.05, 0.1) is 29.6 Å². The van der Waals surface area contributed by atoms with Crippen molar-refractivity contribution in [2.24, 2.45) is 7.05 Å². The summed E-state index contributed by atoms with van der Waals surface area (Å²) in [6.07, 6.45) is 5.49. The Balaban J connectivity index is 2.07. The molecule has 7 heteroatoms. The summed E-state index contributed by atoms with van der Waals surface area (Å²) in [6.45, 7) is 1.89. The Morgan fingerprint density at radius 3 is 2.86 bits per heavy atom. The minimum atomic E-state index is -0.318. The lowest BCUT2D eigenvalue weighted by molar-refractivity contribution is 0.249. The van der Waals surface area contributed by atoms with Gasteiger partial charge in [-0.25, -0.2) is 4.79 Å². The average Bonchev–Trinajstić information content (AvgIpc) is 2.93. The van der Waals surface area contributed by atoms with Gasteiger partial charge in [-0.2, -0.15) is 10.4 Å². The van der Waals surface area contributed by atoms with E-state index in [9.17, 15) is 4.79 Å². The third-order valence-corrected chi connectivity index (χ3v) is 3.95. The van der Waals surface area contributed by atoms with Crippen molar-refractivity contribution in [2.45, 2.75) is 17.9 Å². The van der Waals surface area contributed by atoms with E-state index in [0.29, 0.717) is 11.3 Å². The predicted octanol–water partition coefficient (Wildman–Crippen LogP) is 2.90. The largest absolute Gasteiger partial charge is 0.331 e. The molecule has 0 spiro atoms. The van der Waals surface area contributed by atoms with E-state index in [4.69, 9.17) is 5.26 Å². The topological polar surface area (TPSA) is 82.7 Å². The summed E-state index contributed by atoms with van der Waals surface area (Å²) >= 11 is 1.51. The second-order valence-corrected chi connectivity index (χ2v) is 5.64. The molecule has 0 radical (unpaired) electrons. The monoisotopic (exact) mass is 315 g/mol. The van der Waals surface area contributed by atoms with Crippen LogP contribution in [0.2, 0.25) is 0 Å². The first-order valence-corrected chi connectivity index (χ1v) is 7.90. The molecule has 22 heavy (non-hydrogen) atoms. The van der Waals surface area contributed by atoms with Gasteiger partial charge in [0.15, 0.2) is 0 Å². The van der Waals surface area contributed by atoms with Gasteiger partial charge in [-0.1, -0.05) is 0 Å². The number of anilines is 1. The van der Waals surface area contributed by atoms with Crippen LogP contribution in [-0.4, -0.2) is 22.1 Å². The predicted molar refractivity (Wildman–Crippen MR) is 86.7 cm³/mol. The van der Waals surface area contributed by atoms with E-state index < -0.39 is 0 Å². The zero-order valence-electron chi connectivity index (χ0n) is 12.6. The average molecular weight is 315 g/mol. The second-order valence-electron chi connectivity index (χ2n) is 4.79. The number of aryl methyl sites for hydroxylation is 1. The number of hydrogen-bond donors (Lipinski definition) is 2. The maximum Gasteiger partial charge on any atom is 0.319 e. The van der Waals surface area contributed by atoms with Crippen LogP contribution in [0.4, 0.5) is 10.5 Å². The van der Waals surface area contributed by atoms with E-state index in [1.807, 2.05) is 32.5 Å². The molecule has 0 bridgehead atoms. The smallest absolute Gasteiger partial charge is 0.319 e. The first-order chi connectivity index (χ1) is 10.5. The Morgan fingerprint density at radius 1 is 1.50 bits per heavy atom. The molecular formula is C15H17N5OS. The van der Waals surface area contributed by atoms with Gasteiger partial charge in [-0.15, -0.1) is 11.8 Å². The zero-order valence-corrected chi connectivity index (χ0v) is 13.4. The molecule has 0 saturated carbocycles. The highest BCUT2D eigenvalue weighted by atomic mass is 32.2. The summed E-state index contributed by atoms with van der Waals surface area (Å²) in [5.74, 6) is 0. The molecule has 0 saturated heterocycles. The van der Waals surface area contributed by atoms with E-state index in [1.165, 1.54) is 11.8 Å². The van der Waals surface area contributed by atoms with Gasteiger partial charge in [0, 0.05) is 23.7 Å². The molecule has 1 atom stereocenters. The molecule has 1 aromatic heterocycles. The Kier molecular flexibility index (Phi) is 5.07. The molecule has 0 unspecified atom stereocenters. The summed E-state index contributed by atoms with van der Waals surface area (Å²) in [5.41, 5.74) is 2.06. The van der Waals surface area contributed by atoms with Crippen molar-refractivity contribution in [1.29, 1.82) is 5.26 Å². The molecule has 2 N–H and O–H groups in total. The first-order valence-electron chi connectivity index (χ1n) is 6.67. The minimum Gasteiger partial charge on any atom is -0.331 e. The molecule has 0 aliphatic heterocycles. The molecule has 0 fully saturated rings. The van der Waals surface area contributed by atoms with Crippen LogP contribution in [0, 0.1) is 11.3 Å².